The number of nitrogens with zero attached hydrogens (tertiary/aromatic N) is 2. The molecule has 0 aliphatic carbocycles. The standard InChI is InChI=1S/C16H22BrN5O3/c1-22(10-15(24)21-13-6-5-11(17)8-19-13)9-14(23)20-12-4-2-3-7-18-16(12)25/h5-6,8,12H,2-4,7,9-10H2,1H3,(H,18,25)(H,20,23)(H,19,21,24). The van der Waals surface area contributed by atoms with E-state index in [0.29, 0.717) is 18.8 Å². The van der Waals surface area contributed by atoms with Crippen LogP contribution < -0.4 is 16.0 Å². The summed E-state index contributed by atoms with van der Waals surface area (Å²) in [6, 6.07) is 2.96. The van der Waals surface area contributed by atoms with Gasteiger partial charge < -0.3 is 16.0 Å². The average Bonchev–Trinajstić information content (AvgIpc) is 2.74. The van der Waals surface area contributed by atoms with Crippen LogP contribution in [0.2, 0.25) is 0 Å². The molecular weight excluding hydrogens is 390 g/mol. The normalized spacial score (nSPS) is 17.6. The molecule has 0 saturated carbocycles. The van der Waals surface area contributed by atoms with E-state index in [1.165, 1.54) is 0 Å². The van der Waals surface area contributed by atoms with Crippen molar-refractivity contribution in [2.24, 2.45) is 0 Å². The van der Waals surface area contributed by atoms with Crippen molar-refractivity contribution in [2.45, 2.75) is 25.3 Å². The van der Waals surface area contributed by atoms with Crippen LogP contribution >= 0.6 is 15.9 Å². The second-order valence-electron chi connectivity index (χ2n) is 5.99. The van der Waals surface area contributed by atoms with E-state index in [-0.39, 0.29) is 30.8 Å². The molecule has 2 rings (SSSR count). The van der Waals surface area contributed by atoms with Crippen LogP contribution in [-0.2, 0) is 14.4 Å². The summed E-state index contributed by atoms with van der Waals surface area (Å²) >= 11 is 3.27. The fraction of sp³-hybridized carbons (Fsp3) is 0.500. The predicted molar refractivity (Wildman–Crippen MR) is 96.9 cm³/mol. The van der Waals surface area contributed by atoms with Crippen LogP contribution in [0.4, 0.5) is 5.82 Å². The Labute approximate surface area is 154 Å². The summed E-state index contributed by atoms with van der Waals surface area (Å²) < 4.78 is 0.821. The van der Waals surface area contributed by atoms with Crippen molar-refractivity contribution >= 4 is 39.5 Å². The molecule has 0 aromatic carbocycles. The molecule has 0 spiro atoms. The van der Waals surface area contributed by atoms with Gasteiger partial charge in [0.15, 0.2) is 0 Å². The summed E-state index contributed by atoms with van der Waals surface area (Å²) in [6.45, 7) is 0.725. The van der Waals surface area contributed by atoms with Gasteiger partial charge in [0, 0.05) is 17.2 Å². The number of pyridine rings is 1. The van der Waals surface area contributed by atoms with E-state index >= 15 is 0 Å². The van der Waals surface area contributed by atoms with Crippen LogP contribution in [0.25, 0.3) is 0 Å². The molecule has 1 aliphatic heterocycles. The highest BCUT2D eigenvalue weighted by Crippen LogP contribution is 2.10. The van der Waals surface area contributed by atoms with Gasteiger partial charge in [-0.25, -0.2) is 4.98 Å². The Kier molecular flexibility index (Phi) is 7.32. The number of carbonyl (C=O) groups excluding carboxylic acids is 3. The summed E-state index contributed by atoms with van der Waals surface area (Å²) in [4.78, 5) is 41.5. The van der Waals surface area contributed by atoms with E-state index < -0.39 is 6.04 Å². The molecule has 1 fully saturated rings. The monoisotopic (exact) mass is 411 g/mol. The van der Waals surface area contributed by atoms with Gasteiger partial charge in [-0.05, 0) is 54.4 Å². The zero-order valence-corrected chi connectivity index (χ0v) is 15.6. The molecule has 3 amide bonds. The summed E-state index contributed by atoms with van der Waals surface area (Å²) in [5, 5.41) is 8.16. The number of anilines is 1. The van der Waals surface area contributed by atoms with Crippen LogP contribution in [0.15, 0.2) is 22.8 Å². The van der Waals surface area contributed by atoms with Gasteiger partial charge in [-0.2, -0.15) is 0 Å². The number of hydrogen-bond donors (Lipinski definition) is 3. The average molecular weight is 412 g/mol. The van der Waals surface area contributed by atoms with Crippen LogP contribution in [0.1, 0.15) is 19.3 Å². The van der Waals surface area contributed by atoms with Crippen molar-refractivity contribution in [2.75, 3.05) is 32.0 Å². The molecule has 2 heterocycles. The maximum atomic E-state index is 12.1. The van der Waals surface area contributed by atoms with Crippen molar-refractivity contribution < 1.29 is 14.4 Å². The van der Waals surface area contributed by atoms with E-state index in [1.807, 2.05) is 0 Å². The number of nitrogens with one attached hydrogen (secondary N) is 3. The van der Waals surface area contributed by atoms with Gasteiger partial charge >= 0.3 is 0 Å². The molecule has 1 unspecified atom stereocenters. The number of carbonyl (C=O) groups is 3. The highest BCUT2D eigenvalue weighted by atomic mass is 79.9. The van der Waals surface area contributed by atoms with Crippen molar-refractivity contribution in [1.29, 1.82) is 0 Å². The van der Waals surface area contributed by atoms with Gasteiger partial charge in [0.25, 0.3) is 0 Å². The van der Waals surface area contributed by atoms with Gasteiger partial charge in [0.05, 0.1) is 13.1 Å². The Bertz CT molecular complexity index is 623. The SMILES string of the molecule is CN(CC(=O)Nc1ccc(Br)cn1)CC(=O)NC1CCCCNC1=O. The molecule has 8 nitrogen and oxygen atoms in total. The highest BCUT2D eigenvalue weighted by molar-refractivity contribution is 9.10. The number of halogens is 1. The summed E-state index contributed by atoms with van der Waals surface area (Å²) in [6.07, 6.45) is 4.03. The maximum absolute atomic E-state index is 12.1. The molecule has 1 aliphatic rings. The molecule has 0 bridgehead atoms. The molecule has 136 valence electrons. The zero-order valence-electron chi connectivity index (χ0n) is 14.0. The first-order chi connectivity index (χ1) is 11.9. The van der Waals surface area contributed by atoms with Gasteiger partial charge in [-0.3, -0.25) is 19.3 Å². The summed E-state index contributed by atoms with van der Waals surface area (Å²) in [5.41, 5.74) is 0. The van der Waals surface area contributed by atoms with Crippen molar-refractivity contribution in [1.82, 2.24) is 20.5 Å². The lowest BCUT2D eigenvalue weighted by atomic mass is 10.1. The third kappa shape index (κ3) is 6.79. The molecule has 0 radical (unpaired) electrons. The maximum Gasteiger partial charge on any atom is 0.242 e. The number of hydrogen-bond acceptors (Lipinski definition) is 5. The van der Waals surface area contributed by atoms with Gasteiger partial charge in [0.2, 0.25) is 17.7 Å². The van der Waals surface area contributed by atoms with Crippen LogP contribution in [0.5, 0.6) is 0 Å². The van der Waals surface area contributed by atoms with E-state index in [9.17, 15) is 14.4 Å². The molecule has 3 N–H and O–H groups in total. The Hall–Kier alpha value is -2.00. The van der Waals surface area contributed by atoms with E-state index in [1.54, 1.807) is 30.3 Å². The van der Waals surface area contributed by atoms with E-state index in [0.717, 1.165) is 17.3 Å². The molecule has 1 aromatic heterocycles. The van der Waals surface area contributed by atoms with E-state index in [2.05, 4.69) is 36.9 Å². The highest BCUT2D eigenvalue weighted by Gasteiger charge is 2.23. The zero-order chi connectivity index (χ0) is 18.2. The van der Waals surface area contributed by atoms with Crippen molar-refractivity contribution in [3.05, 3.63) is 22.8 Å². The Morgan fingerprint density at radius 1 is 1.32 bits per heavy atom. The molecule has 9 heteroatoms. The van der Waals surface area contributed by atoms with E-state index in [4.69, 9.17) is 0 Å². The summed E-state index contributed by atoms with van der Waals surface area (Å²) in [7, 11) is 1.67. The Balaban J connectivity index is 1.75. The largest absolute Gasteiger partial charge is 0.354 e. The lowest BCUT2D eigenvalue weighted by molar-refractivity contribution is -0.129. The van der Waals surface area contributed by atoms with Crippen LogP contribution in [0, 0.1) is 0 Å². The second-order valence-corrected chi connectivity index (χ2v) is 6.90. The Morgan fingerprint density at radius 3 is 2.80 bits per heavy atom. The van der Waals surface area contributed by atoms with Crippen molar-refractivity contribution in [3.63, 3.8) is 0 Å². The third-order valence-electron chi connectivity index (χ3n) is 3.69. The predicted octanol–water partition coefficient (Wildman–Crippen LogP) is 0.499. The summed E-state index contributed by atoms with van der Waals surface area (Å²) in [5.74, 6) is -0.245. The second kappa shape index (κ2) is 9.47. The quantitative estimate of drug-likeness (QED) is 0.632. The first kappa shape index (κ1) is 19.3. The van der Waals surface area contributed by atoms with Crippen molar-refractivity contribution in [3.8, 4) is 0 Å². The minimum atomic E-state index is -0.496. The minimum absolute atomic E-state index is 0.0327. The molecule has 1 aromatic rings. The third-order valence-corrected chi connectivity index (χ3v) is 4.16. The van der Waals surface area contributed by atoms with Gasteiger partial charge in [-0.1, -0.05) is 0 Å². The first-order valence-corrected chi connectivity index (χ1v) is 8.90. The lowest BCUT2D eigenvalue weighted by Crippen LogP contribution is -2.48. The fourth-order valence-electron chi connectivity index (χ4n) is 2.50. The fourth-order valence-corrected chi connectivity index (χ4v) is 2.73. The molecule has 25 heavy (non-hydrogen) atoms. The topological polar surface area (TPSA) is 103 Å². The molecule has 1 saturated heterocycles. The molecule has 1 atom stereocenters. The lowest BCUT2D eigenvalue weighted by Gasteiger charge is -2.19. The number of aromatic nitrogens is 1. The van der Waals surface area contributed by atoms with Gasteiger partial charge in [0.1, 0.15) is 11.9 Å². The molecular formula is C16H22BrN5O3. The number of likely N-dealkylation sites (N-methyl/N-ethyl adjacent to an activating group) is 1. The Morgan fingerprint density at radius 2 is 2.08 bits per heavy atom. The smallest absolute Gasteiger partial charge is 0.242 e. The first-order valence-electron chi connectivity index (χ1n) is 8.11. The van der Waals surface area contributed by atoms with Gasteiger partial charge in [-0.15, -0.1) is 0 Å². The van der Waals surface area contributed by atoms with Crippen LogP contribution in [-0.4, -0.2) is 60.3 Å². The number of amides is 3. The number of rotatable bonds is 6. The van der Waals surface area contributed by atoms with Crippen LogP contribution in [0.3, 0.4) is 0 Å². The minimum Gasteiger partial charge on any atom is -0.354 e.